The first-order valence-electron chi connectivity index (χ1n) is 11.4. The number of piperazine rings is 1. The van der Waals surface area contributed by atoms with Crippen LogP contribution >= 0.6 is 0 Å². The Morgan fingerprint density at radius 2 is 1.75 bits per heavy atom. The van der Waals surface area contributed by atoms with Gasteiger partial charge in [-0.1, -0.05) is 31.5 Å². The van der Waals surface area contributed by atoms with Crippen molar-refractivity contribution in [1.29, 1.82) is 0 Å². The van der Waals surface area contributed by atoms with E-state index in [4.69, 9.17) is 9.72 Å². The molecule has 2 aromatic carbocycles. The molecule has 1 aliphatic rings. The summed E-state index contributed by atoms with van der Waals surface area (Å²) in [6.45, 7) is 7.69. The van der Waals surface area contributed by atoms with Crippen molar-refractivity contribution in [3.05, 3.63) is 60.2 Å². The summed E-state index contributed by atoms with van der Waals surface area (Å²) >= 11 is 0. The molecule has 6 heteroatoms. The van der Waals surface area contributed by atoms with Crippen LogP contribution in [0.15, 0.2) is 54.6 Å². The van der Waals surface area contributed by atoms with Gasteiger partial charge in [-0.2, -0.15) is 0 Å². The normalized spacial score (nSPS) is 15.0. The van der Waals surface area contributed by atoms with Crippen molar-refractivity contribution in [3.8, 4) is 5.75 Å². The molecule has 0 saturated carbocycles. The Morgan fingerprint density at radius 3 is 2.44 bits per heavy atom. The summed E-state index contributed by atoms with van der Waals surface area (Å²) in [7, 11) is 1.68. The third-order valence-corrected chi connectivity index (χ3v) is 6.09. The molecule has 168 valence electrons. The molecule has 0 bridgehead atoms. The van der Waals surface area contributed by atoms with E-state index >= 15 is 0 Å². The Labute approximate surface area is 190 Å². The molecule has 1 N–H and O–H groups in total. The number of benzene rings is 2. The van der Waals surface area contributed by atoms with Crippen LogP contribution in [0.25, 0.3) is 10.9 Å². The van der Waals surface area contributed by atoms with Gasteiger partial charge in [-0.25, -0.2) is 4.98 Å². The third kappa shape index (κ3) is 4.79. The number of methoxy groups -OCH3 is 1. The Bertz CT molecular complexity index is 1060. The maximum Gasteiger partial charge on any atom is 0.252 e. The first kappa shape index (κ1) is 21.9. The third-order valence-electron chi connectivity index (χ3n) is 6.09. The number of hydrogen-bond donors (Lipinski definition) is 1. The van der Waals surface area contributed by atoms with E-state index in [1.807, 2.05) is 42.5 Å². The molecule has 6 nitrogen and oxygen atoms in total. The number of fused-ring (bicyclic) bond motifs is 1. The minimum Gasteiger partial charge on any atom is -0.497 e. The second-order valence-corrected chi connectivity index (χ2v) is 8.38. The lowest BCUT2D eigenvalue weighted by molar-refractivity contribution is 0.0940. The van der Waals surface area contributed by atoms with Crippen molar-refractivity contribution in [2.24, 2.45) is 0 Å². The number of carbonyl (C=O) groups excluding carboxylic acids is 1. The number of rotatable bonds is 7. The SMILES string of the molecule is CCCC(C)NC(=O)c1cc(N2CCN(c3ccc(OC)cc3)CC2)nc2ccccc12. The fourth-order valence-corrected chi connectivity index (χ4v) is 4.30. The van der Waals surface area contributed by atoms with Crippen molar-refractivity contribution in [2.75, 3.05) is 43.1 Å². The highest BCUT2D eigenvalue weighted by molar-refractivity contribution is 6.07. The van der Waals surface area contributed by atoms with Crippen LogP contribution < -0.4 is 19.9 Å². The first-order chi connectivity index (χ1) is 15.6. The Balaban J connectivity index is 1.53. The molecular weight excluding hydrogens is 400 g/mol. The zero-order valence-corrected chi connectivity index (χ0v) is 19.2. The summed E-state index contributed by atoms with van der Waals surface area (Å²) in [5, 5.41) is 4.05. The smallest absolute Gasteiger partial charge is 0.252 e. The quantitative estimate of drug-likeness (QED) is 0.596. The molecule has 1 aromatic heterocycles. The molecule has 0 spiro atoms. The minimum absolute atomic E-state index is 0.0253. The van der Waals surface area contributed by atoms with Gasteiger partial charge in [0.05, 0.1) is 18.2 Å². The number of ether oxygens (including phenoxy) is 1. The second kappa shape index (κ2) is 9.90. The molecular formula is C26H32N4O2. The maximum absolute atomic E-state index is 13.1. The average Bonchev–Trinajstić information content (AvgIpc) is 2.83. The number of pyridine rings is 1. The highest BCUT2D eigenvalue weighted by Crippen LogP contribution is 2.26. The van der Waals surface area contributed by atoms with Crippen LogP contribution in [0.2, 0.25) is 0 Å². The van der Waals surface area contributed by atoms with Crippen molar-refractivity contribution in [1.82, 2.24) is 10.3 Å². The molecule has 4 rings (SSSR count). The summed E-state index contributed by atoms with van der Waals surface area (Å²) in [4.78, 5) is 22.6. The molecule has 1 unspecified atom stereocenters. The zero-order chi connectivity index (χ0) is 22.5. The largest absolute Gasteiger partial charge is 0.497 e. The number of anilines is 2. The Kier molecular flexibility index (Phi) is 6.78. The number of para-hydroxylation sites is 1. The topological polar surface area (TPSA) is 57.7 Å². The second-order valence-electron chi connectivity index (χ2n) is 8.38. The van der Waals surface area contributed by atoms with E-state index in [1.54, 1.807) is 7.11 Å². The minimum atomic E-state index is -0.0253. The molecule has 1 amide bonds. The lowest BCUT2D eigenvalue weighted by atomic mass is 10.1. The summed E-state index contributed by atoms with van der Waals surface area (Å²) < 4.78 is 5.27. The van der Waals surface area contributed by atoms with Gasteiger partial charge in [-0.05, 0) is 49.7 Å². The van der Waals surface area contributed by atoms with Crippen molar-refractivity contribution in [2.45, 2.75) is 32.7 Å². The highest BCUT2D eigenvalue weighted by atomic mass is 16.5. The van der Waals surface area contributed by atoms with E-state index in [0.717, 1.165) is 61.5 Å². The molecule has 2 heterocycles. The number of hydrogen-bond acceptors (Lipinski definition) is 5. The van der Waals surface area contributed by atoms with Gasteiger partial charge in [-0.3, -0.25) is 4.79 Å². The van der Waals surface area contributed by atoms with Gasteiger partial charge < -0.3 is 19.9 Å². The van der Waals surface area contributed by atoms with Gasteiger partial charge in [0.1, 0.15) is 11.6 Å². The predicted molar refractivity (Wildman–Crippen MR) is 131 cm³/mol. The zero-order valence-electron chi connectivity index (χ0n) is 19.2. The van der Waals surface area contributed by atoms with Crippen LogP contribution in [0.5, 0.6) is 5.75 Å². The predicted octanol–water partition coefficient (Wildman–Crippen LogP) is 4.49. The molecule has 32 heavy (non-hydrogen) atoms. The fraction of sp³-hybridized carbons (Fsp3) is 0.385. The molecule has 0 aliphatic carbocycles. The van der Waals surface area contributed by atoms with Crippen LogP contribution in [0.3, 0.4) is 0 Å². The van der Waals surface area contributed by atoms with Gasteiger partial charge in [0.2, 0.25) is 0 Å². The maximum atomic E-state index is 13.1. The van der Waals surface area contributed by atoms with Gasteiger partial charge >= 0.3 is 0 Å². The van der Waals surface area contributed by atoms with E-state index in [9.17, 15) is 4.79 Å². The fourth-order valence-electron chi connectivity index (χ4n) is 4.30. The van der Waals surface area contributed by atoms with Crippen molar-refractivity contribution >= 4 is 28.3 Å². The number of amides is 1. The number of carbonyl (C=O) groups is 1. The number of aromatic nitrogens is 1. The first-order valence-corrected chi connectivity index (χ1v) is 11.4. The molecule has 1 fully saturated rings. The number of nitrogens with one attached hydrogen (secondary N) is 1. The van der Waals surface area contributed by atoms with Gasteiger partial charge in [-0.15, -0.1) is 0 Å². The summed E-state index contributed by atoms with van der Waals surface area (Å²) in [6, 6.07) is 18.2. The van der Waals surface area contributed by atoms with Gasteiger partial charge in [0, 0.05) is 43.3 Å². The van der Waals surface area contributed by atoms with Crippen molar-refractivity contribution < 1.29 is 9.53 Å². The van der Waals surface area contributed by atoms with E-state index < -0.39 is 0 Å². The average molecular weight is 433 g/mol. The van der Waals surface area contributed by atoms with Gasteiger partial charge in [0.15, 0.2) is 0 Å². The monoisotopic (exact) mass is 432 g/mol. The standard InChI is InChI=1S/C26H32N4O2/c1-4-7-19(2)27-26(31)23-18-25(28-24-9-6-5-8-22(23)24)30-16-14-29(15-17-30)20-10-12-21(32-3)13-11-20/h5-6,8-13,18-19H,4,7,14-17H2,1-3H3,(H,27,31). The van der Waals surface area contributed by atoms with Crippen LogP contribution in [0.1, 0.15) is 37.0 Å². The highest BCUT2D eigenvalue weighted by Gasteiger charge is 2.21. The summed E-state index contributed by atoms with van der Waals surface area (Å²) in [5.41, 5.74) is 2.75. The van der Waals surface area contributed by atoms with Crippen molar-refractivity contribution in [3.63, 3.8) is 0 Å². The van der Waals surface area contributed by atoms with E-state index in [1.165, 1.54) is 5.69 Å². The summed E-state index contributed by atoms with van der Waals surface area (Å²) in [6.07, 6.45) is 2.01. The lowest BCUT2D eigenvalue weighted by Gasteiger charge is -2.37. The molecule has 1 atom stereocenters. The van der Waals surface area contributed by atoms with Gasteiger partial charge in [0.25, 0.3) is 5.91 Å². The van der Waals surface area contributed by atoms with Crippen LogP contribution in [0, 0.1) is 0 Å². The van der Waals surface area contributed by atoms with Crippen LogP contribution in [-0.2, 0) is 0 Å². The van der Waals surface area contributed by atoms with E-state index in [-0.39, 0.29) is 11.9 Å². The van der Waals surface area contributed by atoms with Crippen LogP contribution in [-0.4, -0.2) is 50.2 Å². The Morgan fingerprint density at radius 1 is 1.06 bits per heavy atom. The molecule has 0 radical (unpaired) electrons. The summed E-state index contributed by atoms with van der Waals surface area (Å²) in [5.74, 6) is 1.71. The Hall–Kier alpha value is -3.28. The molecule has 3 aromatic rings. The van der Waals surface area contributed by atoms with E-state index in [0.29, 0.717) is 5.56 Å². The van der Waals surface area contributed by atoms with Crippen LogP contribution in [0.4, 0.5) is 11.5 Å². The number of nitrogens with zero attached hydrogens (tertiary/aromatic N) is 3. The lowest BCUT2D eigenvalue weighted by Crippen LogP contribution is -2.47. The molecule has 1 saturated heterocycles. The van der Waals surface area contributed by atoms with E-state index in [2.05, 4.69) is 41.1 Å². The molecule has 1 aliphatic heterocycles.